The van der Waals surface area contributed by atoms with Gasteiger partial charge in [0.1, 0.15) is 11.5 Å². The quantitative estimate of drug-likeness (QED) is 0.886. The maximum absolute atomic E-state index is 12.2. The van der Waals surface area contributed by atoms with Gasteiger partial charge in [0.2, 0.25) is 0 Å². The molecule has 1 aliphatic heterocycles. The second-order valence-corrected chi connectivity index (χ2v) is 5.50. The summed E-state index contributed by atoms with van der Waals surface area (Å²) in [5.74, 6) is 0.583. The third kappa shape index (κ3) is 3.64. The second-order valence-electron chi connectivity index (χ2n) is 5.10. The number of halogens is 1. The molecule has 0 spiro atoms. The maximum atomic E-state index is 12.2. The molecule has 0 bridgehead atoms. The lowest BCUT2D eigenvalue weighted by atomic mass is 10.1. The first-order valence-electron chi connectivity index (χ1n) is 6.62. The molecular weight excluding hydrogens is 264 g/mol. The zero-order chi connectivity index (χ0) is 13.8. The fourth-order valence-electron chi connectivity index (χ4n) is 2.05. The summed E-state index contributed by atoms with van der Waals surface area (Å²) in [5, 5.41) is 6.52. The van der Waals surface area contributed by atoms with Crippen LogP contribution in [0.25, 0.3) is 0 Å². The molecule has 1 aromatic heterocycles. The average Bonchev–Trinajstić information content (AvgIpc) is 2.40. The lowest BCUT2D eigenvalue weighted by Crippen LogP contribution is -2.45. The third-order valence-electron chi connectivity index (χ3n) is 3.13. The van der Waals surface area contributed by atoms with Crippen LogP contribution in [0.1, 0.15) is 48.9 Å². The summed E-state index contributed by atoms with van der Waals surface area (Å²) in [6, 6.07) is 0.148. The molecule has 2 rings (SSSR count). The van der Waals surface area contributed by atoms with Gasteiger partial charge < -0.3 is 10.6 Å². The Morgan fingerprint density at radius 3 is 3.00 bits per heavy atom. The van der Waals surface area contributed by atoms with Crippen LogP contribution in [-0.4, -0.2) is 35.0 Å². The van der Waals surface area contributed by atoms with Crippen molar-refractivity contribution in [1.82, 2.24) is 20.6 Å². The molecule has 1 fully saturated rings. The summed E-state index contributed by atoms with van der Waals surface area (Å²) < 4.78 is 0. The molecule has 1 amide bonds. The van der Waals surface area contributed by atoms with E-state index in [4.69, 9.17) is 11.6 Å². The Labute approximate surface area is 118 Å². The zero-order valence-electron chi connectivity index (χ0n) is 11.2. The standard InChI is InChI=1S/C13H19ClN4O/c1-8(2)12-16-7-10(14)11(18-12)13(19)17-9-4-3-5-15-6-9/h7-9,15H,3-6H2,1-2H3,(H,17,19). The normalized spacial score (nSPS) is 19.5. The molecule has 1 aromatic rings. The number of carbonyl (C=O) groups is 1. The van der Waals surface area contributed by atoms with Crippen molar-refractivity contribution < 1.29 is 4.79 Å². The van der Waals surface area contributed by atoms with Gasteiger partial charge in [-0.3, -0.25) is 4.79 Å². The van der Waals surface area contributed by atoms with Crippen LogP contribution >= 0.6 is 11.6 Å². The van der Waals surface area contributed by atoms with Crippen LogP contribution in [0.3, 0.4) is 0 Å². The highest BCUT2D eigenvalue weighted by Gasteiger charge is 2.20. The Morgan fingerprint density at radius 1 is 1.58 bits per heavy atom. The molecule has 0 aliphatic carbocycles. The van der Waals surface area contributed by atoms with Crippen molar-refractivity contribution in [3.8, 4) is 0 Å². The van der Waals surface area contributed by atoms with E-state index in [1.54, 1.807) is 0 Å². The Hall–Kier alpha value is -1.20. The van der Waals surface area contributed by atoms with E-state index in [0.29, 0.717) is 10.8 Å². The van der Waals surface area contributed by atoms with Crippen LogP contribution in [0.2, 0.25) is 5.02 Å². The van der Waals surface area contributed by atoms with E-state index in [1.165, 1.54) is 6.20 Å². The average molecular weight is 283 g/mol. The highest BCUT2D eigenvalue weighted by molar-refractivity contribution is 6.33. The van der Waals surface area contributed by atoms with Crippen molar-refractivity contribution in [3.63, 3.8) is 0 Å². The zero-order valence-corrected chi connectivity index (χ0v) is 12.0. The van der Waals surface area contributed by atoms with E-state index < -0.39 is 0 Å². The first kappa shape index (κ1) is 14.2. The van der Waals surface area contributed by atoms with Crippen LogP contribution in [-0.2, 0) is 0 Å². The fraction of sp³-hybridized carbons (Fsp3) is 0.615. The molecule has 0 saturated carbocycles. The SMILES string of the molecule is CC(C)c1ncc(Cl)c(C(=O)NC2CCCNC2)n1. The van der Waals surface area contributed by atoms with Crippen molar-refractivity contribution in [2.24, 2.45) is 0 Å². The molecule has 19 heavy (non-hydrogen) atoms. The summed E-state index contributed by atoms with van der Waals surface area (Å²) >= 11 is 6.01. The molecule has 1 atom stereocenters. The lowest BCUT2D eigenvalue weighted by molar-refractivity contribution is 0.0925. The molecular formula is C13H19ClN4O. The highest BCUT2D eigenvalue weighted by atomic mass is 35.5. The van der Waals surface area contributed by atoms with Crippen LogP contribution in [0.15, 0.2) is 6.20 Å². The molecule has 0 radical (unpaired) electrons. The predicted molar refractivity (Wildman–Crippen MR) is 74.5 cm³/mol. The van der Waals surface area contributed by atoms with Crippen LogP contribution in [0, 0.1) is 0 Å². The summed E-state index contributed by atoms with van der Waals surface area (Å²) in [4.78, 5) is 20.6. The van der Waals surface area contributed by atoms with Gasteiger partial charge in [0.05, 0.1) is 11.2 Å². The molecule has 0 aromatic carbocycles. The monoisotopic (exact) mass is 282 g/mol. The number of piperidine rings is 1. The highest BCUT2D eigenvalue weighted by Crippen LogP contribution is 2.16. The lowest BCUT2D eigenvalue weighted by Gasteiger charge is -2.23. The van der Waals surface area contributed by atoms with Gasteiger partial charge in [-0.05, 0) is 19.4 Å². The van der Waals surface area contributed by atoms with E-state index in [0.717, 1.165) is 25.9 Å². The second kappa shape index (κ2) is 6.30. The molecule has 1 saturated heterocycles. The summed E-state index contributed by atoms with van der Waals surface area (Å²) in [6.45, 7) is 5.77. The predicted octanol–water partition coefficient (Wildman–Crippen LogP) is 1.74. The van der Waals surface area contributed by atoms with Crippen molar-refractivity contribution in [1.29, 1.82) is 0 Å². The van der Waals surface area contributed by atoms with Crippen molar-refractivity contribution >= 4 is 17.5 Å². The van der Waals surface area contributed by atoms with Crippen LogP contribution in [0.5, 0.6) is 0 Å². The largest absolute Gasteiger partial charge is 0.347 e. The van der Waals surface area contributed by atoms with Crippen molar-refractivity contribution in [2.75, 3.05) is 13.1 Å². The van der Waals surface area contributed by atoms with Gasteiger partial charge in [-0.1, -0.05) is 25.4 Å². The third-order valence-corrected chi connectivity index (χ3v) is 3.40. The van der Waals surface area contributed by atoms with Crippen LogP contribution in [0.4, 0.5) is 0 Å². The van der Waals surface area contributed by atoms with Gasteiger partial charge in [-0.2, -0.15) is 0 Å². The Balaban J connectivity index is 2.11. The molecule has 5 nitrogen and oxygen atoms in total. The van der Waals surface area contributed by atoms with E-state index >= 15 is 0 Å². The molecule has 104 valence electrons. The van der Waals surface area contributed by atoms with Crippen molar-refractivity contribution in [3.05, 3.63) is 22.7 Å². The summed E-state index contributed by atoms with van der Waals surface area (Å²) in [5.41, 5.74) is 0.269. The molecule has 2 N–H and O–H groups in total. The van der Waals surface area contributed by atoms with Crippen LogP contribution < -0.4 is 10.6 Å². The van der Waals surface area contributed by atoms with E-state index in [1.807, 2.05) is 13.8 Å². The molecule has 6 heteroatoms. The summed E-state index contributed by atoms with van der Waals surface area (Å²) in [7, 11) is 0. The Bertz CT molecular complexity index is 458. The summed E-state index contributed by atoms with van der Waals surface area (Å²) in [6.07, 6.45) is 3.55. The maximum Gasteiger partial charge on any atom is 0.271 e. The van der Waals surface area contributed by atoms with Gasteiger partial charge in [0.15, 0.2) is 0 Å². The minimum Gasteiger partial charge on any atom is -0.347 e. The molecule has 1 unspecified atom stereocenters. The fourth-order valence-corrected chi connectivity index (χ4v) is 2.22. The minimum absolute atomic E-state index is 0.148. The minimum atomic E-state index is -0.219. The Kier molecular flexibility index (Phi) is 4.71. The number of nitrogens with one attached hydrogen (secondary N) is 2. The first-order valence-corrected chi connectivity index (χ1v) is 6.99. The van der Waals surface area contributed by atoms with Gasteiger partial charge in [0, 0.05) is 18.5 Å². The van der Waals surface area contributed by atoms with E-state index in [-0.39, 0.29) is 23.6 Å². The van der Waals surface area contributed by atoms with Gasteiger partial charge in [-0.15, -0.1) is 0 Å². The van der Waals surface area contributed by atoms with E-state index in [9.17, 15) is 4.79 Å². The first-order chi connectivity index (χ1) is 9.08. The smallest absolute Gasteiger partial charge is 0.271 e. The number of carbonyl (C=O) groups excluding carboxylic acids is 1. The molecule has 1 aliphatic rings. The number of hydrogen-bond donors (Lipinski definition) is 2. The van der Waals surface area contributed by atoms with Gasteiger partial charge in [-0.25, -0.2) is 9.97 Å². The number of hydrogen-bond acceptors (Lipinski definition) is 4. The topological polar surface area (TPSA) is 66.9 Å². The van der Waals surface area contributed by atoms with Gasteiger partial charge in [0.25, 0.3) is 5.91 Å². The number of nitrogens with zero attached hydrogens (tertiary/aromatic N) is 2. The van der Waals surface area contributed by atoms with Crippen molar-refractivity contribution in [2.45, 2.75) is 38.6 Å². The Morgan fingerprint density at radius 2 is 2.37 bits per heavy atom. The van der Waals surface area contributed by atoms with E-state index in [2.05, 4.69) is 20.6 Å². The number of amides is 1. The number of rotatable bonds is 3. The van der Waals surface area contributed by atoms with Gasteiger partial charge >= 0.3 is 0 Å². The molecule has 2 heterocycles. The number of aromatic nitrogens is 2.